The molecule has 0 amide bonds. The molecule has 1 heteroatoms. The third-order valence-electron chi connectivity index (χ3n) is 5.23. The summed E-state index contributed by atoms with van der Waals surface area (Å²) in [6.07, 6.45) is 0.825. The minimum Gasteiger partial charge on any atom is -0.398 e. The number of nitrogen functional groups attached to an aromatic ring is 1. The molecule has 4 aromatic carbocycles. The largest absolute Gasteiger partial charge is 0.398 e. The van der Waals surface area contributed by atoms with Crippen LogP contribution in [0, 0.1) is 13.8 Å². The molecule has 0 radical (unpaired) electrons. The van der Waals surface area contributed by atoms with Crippen LogP contribution in [0.3, 0.4) is 0 Å². The summed E-state index contributed by atoms with van der Waals surface area (Å²) in [5, 5.41) is 0. The van der Waals surface area contributed by atoms with E-state index in [1.165, 1.54) is 38.9 Å². The van der Waals surface area contributed by atoms with Gasteiger partial charge in [-0.3, -0.25) is 0 Å². The van der Waals surface area contributed by atoms with Crippen molar-refractivity contribution in [3.8, 4) is 22.3 Å². The van der Waals surface area contributed by atoms with Gasteiger partial charge in [0, 0.05) is 11.3 Å². The Morgan fingerprint density at radius 3 is 2.04 bits per heavy atom. The number of hydrogen-bond acceptors (Lipinski definition) is 1. The van der Waals surface area contributed by atoms with Gasteiger partial charge in [-0.2, -0.15) is 0 Å². The molecule has 0 saturated carbocycles. The summed E-state index contributed by atoms with van der Waals surface area (Å²) in [4.78, 5) is 0. The topological polar surface area (TPSA) is 26.0 Å². The maximum atomic E-state index is 6.57. The zero-order valence-electron chi connectivity index (χ0n) is 16.4. The zero-order valence-corrected chi connectivity index (χ0v) is 16.4. The fourth-order valence-corrected chi connectivity index (χ4v) is 3.66. The van der Waals surface area contributed by atoms with Crippen LogP contribution in [-0.2, 0) is 6.42 Å². The van der Waals surface area contributed by atoms with E-state index in [2.05, 4.69) is 105 Å². The second-order valence-electron chi connectivity index (χ2n) is 7.49. The van der Waals surface area contributed by atoms with Gasteiger partial charge in [-0.05, 0) is 48.1 Å². The highest BCUT2D eigenvalue weighted by molar-refractivity contribution is 5.79. The summed E-state index contributed by atoms with van der Waals surface area (Å²) in [6.45, 7) is 4.23. The monoisotopic (exact) mass is 363 g/mol. The molecule has 0 unspecified atom stereocenters. The molecule has 1 nitrogen and oxygen atoms in total. The molecular formula is C27H25N. The zero-order chi connectivity index (χ0) is 19.5. The van der Waals surface area contributed by atoms with Crippen molar-refractivity contribution in [2.75, 3.05) is 5.73 Å². The predicted molar refractivity (Wildman–Crippen MR) is 120 cm³/mol. The van der Waals surface area contributed by atoms with Gasteiger partial charge in [0.25, 0.3) is 0 Å². The van der Waals surface area contributed by atoms with Crippen molar-refractivity contribution >= 4 is 5.69 Å². The molecule has 0 saturated heterocycles. The van der Waals surface area contributed by atoms with E-state index in [1.54, 1.807) is 0 Å². The molecule has 2 N–H and O–H groups in total. The van der Waals surface area contributed by atoms with E-state index >= 15 is 0 Å². The Morgan fingerprint density at radius 2 is 1.29 bits per heavy atom. The molecule has 138 valence electrons. The minimum absolute atomic E-state index is 0.825. The maximum Gasteiger partial charge on any atom is 0.0429 e. The molecule has 0 aliphatic carbocycles. The lowest BCUT2D eigenvalue weighted by molar-refractivity contribution is 1.20. The van der Waals surface area contributed by atoms with Gasteiger partial charge in [0.2, 0.25) is 0 Å². The molecule has 0 fully saturated rings. The van der Waals surface area contributed by atoms with Crippen LogP contribution in [0.25, 0.3) is 22.3 Å². The van der Waals surface area contributed by atoms with Crippen LogP contribution in [0.2, 0.25) is 0 Å². The van der Waals surface area contributed by atoms with Crippen LogP contribution in [0.5, 0.6) is 0 Å². The third-order valence-corrected chi connectivity index (χ3v) is 5.23. The Kier molecular flexibility index (Phi) is 4.99. The summed E-state index contributed by atoms with van der Waals surface area (Å²) in [5.74, 6) is 0. The van der Waals surface area contributed by atoms with Crippen LogP contribution < -0.4 is 5.73 Å². The Balaban J connectivity index is 1.66. The first-order valence-electron chi connectivity index (χ1n) is 9.70. The van der Waals surface area contributed by atoms with Gasteiger partial charge in [-0.15, -0.1) is 0 Å². The lowest BCUT2D eigenvalue weighted by atomic mass is 9.94. The third kappa shape index (κ3) is 3.84. The highest BCUT2D eigenvalue weighted by atomic mass is 14.6. The minimum atomic E-state index is 0.825. The SMILES string of the molecule is Cc1ccc(-c2cccc(Cc3cccc(-c4cccc(C)c4)c3)c2N)cc1. The molecule has 0 aromatic heterocycles. The summed E-state index contributed by atoms with van der Waals surface area (Å²) in [5.41, 5.74) is 17.2. The summed E-state index contributed by atoms with van der Waals surface area (Å²) in [7, 11) is 0. The van der Waals surface area contributed by atoms with Crippen molar-refractivity contribution in [2.24, 2.45) is 0 Å². The van der Waals surface area contributed by atoms with Gasteiger partial charge < -0.3 is 5.73 Å². The number of nitrogens with two attached hydrogens (primary N) is 1. The molecule has 0 aliphatic heterocycles. The van der Waals surface area contributed by atoms with Gasteiger partial charge in [-0.25, -0.2) is 0 Å². The van der Waals surface area contributed by atoms with E-state index in [9.17, 15) is 0 Å². The Bertz CT molecular complexity index is 1110. The molecule has 4 rings (SSSR count). The number of benzene rings is 4. The predicted octanol–water partition coefficient (Wildman–Crippen LogP) is 6.81. The number of para-hydroxylation sites is 1. The summed E-state index contributed by atoms with van der Waals surface area (Å²) in [6, 6.07) is 32.3. The average molecular weight is 364 g/mol. The van der Waals surface area contributed by atoms with Gasteiger partial charge in [-0.1, -0.05) is 102 Å². The van der Waals surface area contributed by atoms with Crippen molar-refractivity contribution < 1.29 is 0 Å². The van der Waals surface area contributed by atoms with E-state index < -0.39 is 0 Å². The molecule has 28 heavy (non-hydrogen) atoms. The van der Waals surface area contributed by atoms with E-state index in [1.807, 2.05) is 0 Å². The van der Waals surface area contributed by atoms with Crippen molar-refractivity contribution in [2.45, 2.75) is 20.3 Å². The Morgan fingerprint density at radius 1 is 0.607 bits per heavy atom. The first-order valence-corrected chi connectivity index (χ1v) is 9.70. The van der Waals surface area contributed by atoms with E-state index in [4.69, 9.17) is 5.73 Å². The van der Waals surface area contributed by atoms with E-state index in [-0.39, 0.29) is 0 Å². The second-order valence-corrected chi connectivity index (χ2v) is 7.49. The van der Waals surface area contributed by atoms with Crippen LogP contribution in [0.15, 0.2) is 91.0 Å². The fourth-order valence-electron chi connectivity index (χ4n) is 3.66. The van der Waals surface area contributed by atoms with Gasteiger partial charge in [0.05, 0.1) is 0 Å². The van der Waals surface area contributed by atoms with E-state index in [0.29, 0.717) is 0 Å². The average Bonchev–Trinajstić information content (AvgIpc) is 2.71. The Hall–Kier alpha value is -3.32. The normalized spacial score (nSPS) is 10.8. The van der Waals surface area contributed by atoms with Crippen LogP contribution in [-0.4, -0.2) is 0 Å². The number of aryl methyl sites for hydroxylation is 2. The lowest BCUT2D eigenvalue weighted by Crippen LogP contribution is -1.98. The van der Waals surface area contributed by atoms with Crippen molar-refractivity contribution in [3.05, 3.63) is 113 Å². The molecule has 0 spiro atoms. The lowest BCUT2D eigenvalue weighted by Gasteiger charge is -2.13. The smallest absolute Gasteiger partial charge is 0.0429 e. The molecular weight excluding hydrogens is 338 g/mol. The number of anilines is 1. The Labute approximate surface area is 167 Å². The maximum absolute atomic E-state index is 6.57. The molecule has 0 bridgehead atoms. The number of rotatable bonds is 4. The highest BCUT2D eigenvalue weighted by Crippen LogP contribution is 2.31. The quantitative estimate of drug-likeness (QED) is 0.396. The van der Waals surface area contributed by atoms with E-state index in [0.717, 1.165) is 17.7 Å². The van der Waals surface area contributed by atoms with Gasteiger partial charge in [0.1, 0.15) is 0 Å². The standard InChI is InChI=1S/C27H25N/c1-19-12-14-22(15-13-19)26-11-5-10-25(27(26)28)18-21-7-4-9-24(17-21)23-8-3-6-20(2)16-23/h3-17H,18,28H2,1-2H3. The van der Waals surface area contributed by atoms with Gasteiger partial charge in [0.15, 0.2) is 0 Å². The van der Waals surface area contributed by atoms with Crippen molar-refractivity contribution in [1.29, 1.82) is 0 Å². The van der Waals surface area contributed by atoms with Crippen molar-refractivity contribution in [1.82, 2.24) is 0 Å². The fraction of sp³-hybridized carbons (Fsp3) is 0.111. The molecule has 4 aromatic rings. The molecule has 0 atom stereocenters. The van der Waals surface area contributed by atoms with Crippen LogP contribution in [0.1, 0.15) is 22.3 Å². The summed E-state index contributed by atoms with van der Waals surface area (Å²) < 4.78 is 0. The molecule has 0 aliphatic rings. The first kappa shape index (κ1) is 18.1. The second kappa shape index (κ2) is 7.74. The molecule has 0 heterocycles. The van der Waals surface area contributed by atoms with Gasteiger partial charge >= 0.3 is 0 Å². The summed E-state index contributed by atoms with van der Waals surface area (Å²) >= 11 is 0. The highest BCUT2D eigenvalue weighted by Gasteiger charge is 2.09. The van der Waals surface area contributed by atoms with Crippen molar-refractivity contribution in [3.63, 3.8) is 0 Å². The number of hydrogen-bond donors (Lipinski definition) is 1. The first-order chi connectivity index (χ1) is 13.6. The van der Waals surface area contributed by atoms with Crippen LogP contribution in [0.4, 0.5) is 5.69 Å². The van der Waals surface area contributed by atoms with Crippen LogP contribution >= 0.6 is 0 Å².